The van der Waals surface area contributed by atoms with Crippen molar-refractivity contribution >= 4 is 29.7 Å². The van der Waals surface area contributed by atoms with E-state index in [0.717, 1.165) is 34.8 Å². The number of nitrogens with one attached hydrogen (secondary N) is 2. The lowest BCUT2D eigenvalue weighted by Gasteiger charge is -2.34. The maximum Gasteiger partial charge on any atom is 0.252 e. The van der Waals surface area contributed by atoms with Crippen molar-refractivity contribution in [3.05, 3.63) is 40.6 Å². The van der Waals surface area contributed by atoms with Gasteiger partial charge in [0, 0.05) is 12.0 Å². The third-order valence-electron chi connectivity index (χ3n) is 4.72. The van der Waals surface area contributed by atoms with Gasteiger partial charge < -0.3 is 20.1 Å². The zero-order chi connectivity index (χ0) is 17.7. The Morgan fingerprint density at radius 2 is 1.88 bits per heavy atom. The number of amides is 1. The third kappa shape index (κ3) is 4.57. The van der Waals surface area contributed by atoms with Crippen LogP contribution in [0.15, 0.2) is 35.7 Å². The molecule has 2 aromatic rings. The number of carbonyl (C=O) groups is 1. The molecule has 26 heavy (non-hydrogen) atoms. The molecule has 142 valence electrons. The lowest BCUT2D eigenvalue weighted by Crippen LogP contribution is -2.53. The minimum Gasteiger partial charge on any atom is -0.497 e. The molecule has 2 N–H and O–H groups in total. The molecule has 1 aromatic heterocycles. The van der Waals surface area contributed by atoms with Crippen LogP contribution in [-0.4, -0.2) is 38.8 Å². The highest BCUT2D eigenvalue weighted by Crippen LogP contribution is 2.28. The van der Waals surface area contributed by atoms with Crippen LogP contribution in [-0.2, 0) is 16.1 Å². The summed E-state index contributed by atoms with van der Waals surface area (Å²) in [6, 6.07) is 10.1. The summed E-state index contributed by atoms with van der Waals surface area (Å²) in [6.07, 6.45) is 1.41. The van der Waals surface area contributed by atoms with Crippen LogP contribution >= 0.6 is 23.7 Å². The maximum atomic E-state index is 12.6. The van der Waals surface area contributed by atoms with Gasteiger partial charge in [-0.15, -0.1) is 23.7 Å². The molecule has 0 radical (unpaired) electrons. The summed E-state index contributed by atoms with van der Waals surface area (Å²) in [5, 5.41) is 8.42. The molecule has 1 fully saturated rings. The van der Waals surface area contributed by atoms with Gasteiger partial charge >= 0.3 is 0 Å². The Bertz CT molecular complexity index is 712. The van der Waals surface area contributed by atoms with Gasteiger partial charge in [0.1, 0.15) is 11.4 Å². The van der Waals surface area contributed by atoms with Crippen molar-refractivity contribution in [2.75, 3.05) is 27.3 Å². The molecule has 3 rings (SSSR count). The number of carbonyl (C=O) groups excluding carboxylic acids is 1. The number of benzene rings is 1. The Morgan fingerprint density at radius 1 is 1.19 bits per heavy atom. The van der Waals surface area contributed by atoms with E-state index in [2.05, 4.69) is 22.1 Å². The van der Waals surface area contributed by atoms with Gasteiger partial charge in [0.25, 0.3) is 5.91 Å². The zero-order valence-corrected chi connectivity index (χ0v) is 16.7. The molecule has 1 amide bonds. The number of hydrogen-bond donors (Lipinski definition) is 2. The Hall–Kier alpha value is -1.60. The normalized spacial score (nSPS) is 15.8. The maximum absolute atomic E-state index is 12.6. The first-order valence-corrected chi connectivity index (χ1v) is 9.31. The molecule has 0 aliphatic carbocycles. The highest BCUT2D eigenvalue weighted by Gasteiger charge is 2.39. The summed E-state index contributed by atoms with van der Waals surface area (Å²) in [7, 11) is 3.29. The molecule has 7 heteroatoms. The molecular weight excluding hydrogens is 372 g/mol. The van der Waals surface area contributed by atoms with E-state index >= 15 is 0 Å². The first-order valence-electron chi connectivity index (χ1n) is 8.43. The van der Waals surface area contributed by atoms with Crippen LogP contribution in [0, 0.1) is 0 Å². The molecule has 1 aliphatic heterocycles. The number of ether oxygens (including phenoxy) is 2. The molecule has 5 nitrogen and oxygen atoms in total. The highest BCUT2D eigenvalue weighted by atomic mass is 35.5. The first kappa shape index (κ1) is 20.7. The fraction of sp³-hybridized carbons (Fsp3) is 0.421. The molecule has 0 spiro atoms. The summed E-state index contributed by atoms with van der Waals surface area (Å²) < 4.78 is 10.8. The van der Waals surface area contributed by atoms with Crippen LogP contribution in [0.3, 0.4) is 0 Å². The zero-order valence-electron chi connectivity index (χ0n) is 15.0. The third-order valence-corrected chi connectivity index (χ3v) is 5.65. The smallest absolute Gasteiger partial charge is 0.252 e. The van der Waals surface area contributed by atoms with Crippen molar-refractivity contribution in [2.45, 2.75) is 25.0 Å². The average molecular weight is 397 g/mol. The summed E-state index contributed by atoms with van der Waals surface area (Å²) in [6.45, 7) is 2.14. The molecule has 1 saturated heterocycles. The molecule has 1 aromatic carbocycles. The van der Waals surface area contributed by atoms with Gasteiger partial charge in [-0.3, -0.25) is 4.79 Å². The molecule has 0 unspecified atom stereocenters. The van der Waals surface area contributed by atoms with Crippen molar-refractivity contribution < 1.29 is 14.3 Å². The molecule has 0 saturated carbocycles. The van der Waals surface area contributed by atoms with Gasteiger partial charge in [0.15, 0.2) is 0 Å². The van der Waals surface area contributed by atoms with Crippen molar-refractivity contribution in [3.8, 4) is 16.9 Å². The van der Waals surface area contributed by atoms with Crippen LogP contribution in [0.4, 0.5) is 0 Å². The van der Waals surface area contributed by atoms with E-state index in [9.17, 15) is 4.79 Å². The van der Waals surface area contributed by atoms with E-state index in [4.69, 9.17) is 9.47 Å². The molecule has 0 bridgehead atoms. The highest BCUT2D eigenvalue weighted by molar-refractivity contribution is 7.10. The van der Waals surface area contributed by atoms with Crippen LogP contribution in [0.1, 0.15) is 17.7 Å². The largest absolute Gasteiger partial charge is 0.497 e. The van der Waals surface area contributed by atoms with E-state index in [-0.39, 0.29) is 18.3 Å². The van der Waals surface area contributed by atoms with E-state index in [1.54, 1.807) is 25.6 Å². The fourth-order valence-corrected chi connectivity index (χ4v) is 3.92. The predicted molar refractivity (Wildman–Crippen MR) is 107 cm³/mol. The van der Waals surface area contributed by atoms with Gasteiger partial charge in [-0.2, -0.15) is 0 Å². The van der Waals surface area contributed by atoms with E-state index in [0.29, 0.717) is 19.4 Å². The first-order chi connectivity index (χ1) is 12.2. The van der Waals surface area contributed by atoms with Crippen molar-refractivity contribution in [2.24, 2.45) is 0 Å². The van der Waals surface area contributed by atoms with E-state index < -0.39 is 5.60 Å². The monoisotopic (exact) mass is 396 g/mol. The molecule has 2 heterocycles. The second kappa shape index (κ2) is 9.37. The van der Waals surface area contributed by atoms with Crippen LogP contribution in [0.2, 0.25) is 0 Å². The van der Waals surface area contributed by atoms with Gasteiger partial charge in [-0.25, -0.2) is 0 Å². The lowest BCUT2D eigenvalue weighted by molar-refractivity contribution is -0.146. The number of methoxy groups -OCH3 is 2. The van der Waals surface area contributed by atoms with E-state index in [1.165, 1.54) is 0 Å². The Kier molecular flexibility index (Phi) is 7.46. The minimum atomic E-state index is -0.693. The molecule has 1 aliphatic rings. The Morgan fingerprint density at radius 3 is 2.50 bits per heavy atom. The Balaban J connectivity index is 0.00000243. The van der Waals surface area contributed by atoms with Crippen molar-refractivity contribution in [3.63, 3.8) is 0 Å². The summed E-state index contributed by atoms with van der Waals surface area (Å²) in [5.74, 6) is 0.828. The van der Waals surface area contributed by atoms with Crippen molar-refractivity contribution in [1.29, 1.82) is 0 Å². The van der Waals surface area contributed by atoms with Gasteiger partial charge in [0.05, 0.1) is 13.7 Å². The topological polar surface area (TPSA) is 59.6 Å². The van der Waals surface area contributed by atoms with Gasteiger partial charge in [0.2, 0.25) is 0 Å². The van der Waals surface area contributed by atoms with Gasteiger partial charge in [-0.05, 0) is 60.6 Å². The minimum absolute atomic E-state index is 0. The van der Waals surface area contributed by atoms with Crippen LogP contribution in [0.25, 0.3) is 11.1 Å². The molecular formula is C19H25ClN2O3S. The average Bonchev–Trinajstić information content (AvgIpc) is 3.15. The van der Waals surface area contributed by atoms with Gasteiger partial charge in [-0.1, -0.05) is 12.1 Å². The van der Waals surface area contributed by atoms with E-state index in [1.807, 2.05) is 24.3 Å². The molecule has 0 atom stereocenters. The second-order valence-corrected chi connectivity index (χ2v) is 7.16. The lowest BCUT2D eigenvalue weighted by atomic mass is 9.91. The summed E-state index contributed by atoms with van der Waals surface area (Å²) in [4.78, 5) is 13.7. The van der Waals surface area contributed by atoms with Crippen LogP contribution < -0.4 is 15.4 Å². The number of rotatable bonds is 6. The predicted octanol–water partition coefficient (Wildman–Crippen LogP) is 3.23. The number of piperidine rings is 1. The standard InChI is InChI=1S/C19H24N2O3S.ClH/c1-23-16-5-3-14(4-6-16)15-11-17(25-13-15)12-21-18(22)19(24-2)7-9-20-10-8-19;/h3-6,11,13,20H,7-10,12H2,1-2H3,(H,21,22);1H. The quantitative estimate of drug-likeness (QED) is 0.787. The number of thiophene rings is 1. The fourth-order valence-electron chi connectivity index (χ4n) is 3.09. The number of halogens is 1. The van der Waals surface area contributed by atoms with Crippen LogP contribution in [0.5, 0.6) is 5.75 Å². The second-order valence-electron chi connectivity index (χ2n) is 6.16. The van der Waals surface area contributed by atoms with Crippen molar-refractivity contribution in [1.82, 2.24) is 10.6 Å². The Labute approximate surface area is 164 Å². The number of hydrogen-bond acceptors (Lipinski definition) is 5. The summed E-state index contributed by atoms with van der Waals surface area (Å²) in [5.41, 5.74) is 1.60. The SMILES string of the molecule is COc1ccc(-c2csc(CNC(=O)C3(OC)CCNCC3)c2)cc1.Cl. The summed E-state index contributed by atoms with van der Waals surface area (Å²) >= 11 is 1.65.